The van der Waals surface area contributed by atoms with E-state index in [1.54, 1.807) is 23.9 Å². The molecule has 104 valence electrons. The van der Waals surface area contributed by atoms with Crippen LogP contribution in [-0.4, -0.2) is 72.2 Å². The first-order valence-corrected chi connectivity index (χ1v) is 7.48. The zero-order valence-electron chi connectivity index (χ0n) is 11.2. The van der Waals surface area contributed by atoms with Crippen molar-refractivity contribution < 1.29 is 9.59 Å². The first-order chi connectivity index (χ1) is 8.56. The van der Waals surface area contributed by atoms with Crippen molar-refractivity contribution in [1.29, 1.82) is 0 Å². The topological polar surface area (TPSA) is 43.9 Å². The highest BCUT2D eigenvalue weighted by molar-refractivity contribution is 9.09. The second-order valence-electron chi connectivity index (χ2n) is 4.69. The second-order valence-corrected chi connectivity index (χ2v) is 5.48. The molecule has 0 aromatic carbocycles. The molecular formula is C12H22BrN3O2. The molecule has 5 nitrogen and oxygen atoms in total. The van der Waals surface area contributed by atoms with Gasteiger partial charge in [-0.15, -0.1) is 0 Å². The largest absolute Gasteiger partial charge is 0.339 e. The molecule has 1 fully saturated rings. The van der Waals surface area contributed by atoms with Crippen LogP contribution < -0.4 is 0 Å². The van der Waals surface area contributed by atoms with Gasteiger partial charge in [0, 0.05) is 52.0 Å². The molecule has 0 saturated carbocycles. The van der Waals surface area contributed by atoms with Gasteiger partial charge < -0.3 is 14.7 Å². The van der Waals surface area contributed by atoms with Gasteiger partial charge in [0.1, 0.15) is 0 Å². The number of hydrogen-bond donors (Lipinski definition) is 0. The molecule has 0 aliphatic carbocycles. The summed E-state index contributed by atoms with van der Waals surface area (Å²) in [5.74, 6) is 0.216. The molecule has 1 saturated heterocycles. The van der Waals surface area contributed by atoms with E-state index in [1.807, 2.05) is 4.90 Å². The summed E-state index contributed by atoms with van der Waals surface area (Å²) in [5, 5.41) is 0.950. The molecule has 0 bridgehead atoms. The summed E-state index contributed by atoms with van der Waals surface area (Å²) in [5.41, 5.74) is 0. The molecule has 0 aromatic rings. The van der Waals surface area contributed by atoms with E-state index in [2.05, 4.69) is 15.9 Å². The maximum absolute atomic E-state index is 11.9. The van der Waals surface area contributed by atoms with Crippen molar-refractivity contribution in [3.8, 4) is 0 Å². The van der Waals surface area contributed by atoms with Crippen LogP contribution in [0.2, 0.25) is 0 Å². The molecule has 0 atom stereocenters. The number of alkyl halides is 1. The van der Waals surface area contributed by atoms with Gasteiger partial charge in [-0.1, -0.05) is 15.9 Å². The van der Waals surface area contributed by atoms with Crippen LogP contribution in [0.1, 0.15) is 19.3 Å². The molecule has 0 N–H and O–H groups in total. The van der Waals surface area contributed by atoms with Gasteiger partial charge in [0.15, 0.2) is 0 Å². The molecule has 6 heteroatoms. The Balaban J connectivity index is 2.30. The number of amides is 3. The van der Waals surface area contributed by atoms with Crippen LogP contribution in [0.4, 0.5) is 4.79 Å². The van der Waals surface area contributed by atoms with Gasteiger partial charge in [-0.25, -0.2) is 4.79 Å². The average Bonchev–Trinajstić information content (AvgIpc) is 2.38. The predicted octanol–water partition coefficient (Wildman–Crippen LogP) is 1.38. The molecule has 3 amide bonds. The molecule has 1 rings (SSSR count). The Morgan fingerprint density at radius 3 is 2.11 bits per heavy atom. The van der Waals surface area contributed by atoms with Crippen LogP contribution in [0, 0.1) is 0 Å². The lowest BCUT2D eigenvalue weighted by atomic mass is 10.2. The van der Waals surface area contributed by atoms with Crippen molar-refractivity contribution in [2.75, 3.05) is 45.6 Å². The highest BCUT2D eigenvalue weighted by Crippen LogP contribution is 2.08. The fourth-order valence-corrected chi connectivity index (χ4v) is 2.36. The van der Waals surface area contributed by atoms with Gasteiger partial charge in [0.05, 0.1) is 0 Å². The summed E-state index contributed by atoms with van der Waals surface area (Å²) < 4.78 is 0. The molecule has 0 unspecified atom stereocenters. The molecule has 18 heavy (non-hydrogen) atoms. The molecular weight excluding hydrogens is 298 g/mol. The Labute approximate surface area is 117 Å². The molecule has 0 spiro atoms. The predicted molar refractivity (Wildman–Crippen MR) is 74.9 cm³/mol. The number of unbranched alkanes of at least 4 members (excludes halogenated alkanes) is 1. The Kier molecular flexibility index (Phi) is 6.46. The highest BCUT2D eigenvalue weighted by Gasteiger charge is 2.24. The lowest BCUT2D eigenvalue weighted by Gasteiger charge is -2.36. The third kappa shape index (κ3) is 4.48. The third-order valence-electron chi connectivity index (χ3n) is 3.06. The van der Waals surface area contributed by atoms with Gasteiger partial charge in [-0.3, -0.25) is 4.79 Å². The fourth-order valence-electron chi connectivity index (χ4n) is 1.96. The number of rotatable bonds is 4. The number of carbonyl (C=O) groups excluding carboxylic acids is 2. The zero-order valence-corrected chi connectivity index (χ0v) is 12.8. The normalized spacial score (nSPS) is 15.7. The summed E-state index contributed by atoms with van der Waals surface area (Å²) in [6.45, 7) is 2.60. The molecule has 1 aliphatic heterocycles. The van der Waals surface area contributed by atoms with E-state index in [1.165, 1.54) is 0 Å². The number of nitrogens with zero attached hydrogens (tertiary/aromatic N) is 3. The Morgan fingerprint density at radius 1 is 1.06 bits per heavy atom. The van der Waals surface area contributed by atoms with E-state index in [0.717, 1.165) is 18.2 Å². The minimum absolute atomic E-state index is 0.0291. The smallest absolute Gasteiger partial charge is 0.319 e. The van der Waals surface area contributed by atoms with Crippen LogP contribution >= 0.6 is 15.9 Å². The third-order valence-corrected chi connectivity index (χ3v) is 3.62. The van der Waals surface area contributed by atoms with Gasteiger partial charge in [0.2, 0.25) is 5.91 Å². The maximum atomic E-state index is 11.9. The van der Waals surface area contributed by atoms with Crippen molar-refractivity contribution in [3.63, 3.8) is 0 Å². The molecule has 0 aromatic heterocycles. The standard InChI is InChI=1S/C12H22BrN3O2/c1-14(2)12(18)16-9-7-15(8-10-16)11(17)5-3-4-6-13/h3-10H2,1-2H3. The monoisotopic (exact) mass is 319 g/mol. The van der Waals surface area contributed by atoms with E-state index >= 15 is 0 Å². The van der Waals surface area contributed by atoms with Crippen molar-refractivity contribution in [2.24, 2.45) is 0 Å². The minimum atomic E-state index is 0.0291. The number of hydrogen-bond acceptors (Lipinski definition) is 2. The van der Waals surface area contributed by atoms with E-state index in [-0.39, 0.29) is 11.9 Å². The number of urea groups is 1. The van der Waals surface area contributed by atoms with Gasteiger partial charge in [-0.2, -0.15) is 0 Å². The van der Waals surface area contributed by atoms with Crippen molar-refractivity contribution in [1.82, 2.24) is 14.7 Å². The van der Waals surface area contributed by atoms with Crippen LogP contribution in [0.25, 0.3) is 0 Å². The highest BCUT2D eigenvalue weighted by atomic mass is 79.9. The van der Waals surface area contributed by atoms with Crippen LogP contribution in [-0.2, 0) is 4.79 Å². The molecule has 0 radical (unpaired) electrons. The van der Waals surface area contributed by atoms with E-state index in [0.29, 0.717) is 32.6 Å². The molecule has 1 aliphatic rings. The lowest BCUT2D eigenvalue weighted by molar-refractivity contribution is -0.132. The SMILES string of the molecule is CN(C)C(=O)N1CCN(C(=O)CCCCBr)CC1. The summed E-state index contributed by atoms with van der Waals surface area (Å²) in [7, 11) is 3.50. The number of carbonyl (C=O) groups is 2. The van der Waals surface area contributed by atoms with Crippen molar-refractivity contribution in [2.45, 2.75) is 19.3 Å². The van der Waals surface area contributed by atoms with Crippen LogP contribution in [0.5, 0.6) is 0 Å². The zero-order chi connectivity index (χ0) is 13.5. The lowest BCUT2D eigenvalue weighted by Crippen LogP contribution is -2.52. The fraction of sp³-hybridized carbons (Fsp3) is 0.833. The summed E-state index contributed by atoms with van der Waals surface area (Å²) in [6, 6.07) is 0.0291. The number of halogens is 1. The Bertz CT molecular complexity index is 289. The Hall–Kier alpha value is -0.780. The summed E-state index contributed by atoms with van der Waals surface area (Å²) in [6.07, 6.45) is 2.58. The quantitative estimate of drug-likeness (QED) is 0.580. The van der Waals surface area contributed by atoms with E-state index < -0.39 is 0 Å². The summed E-state index contributed by atoms with van der Waals surface area (Å²) in [4.78, 5) is 28.8. The van der Waals surface area contributed by atoms with Crippen LogP contribution in [0.15, 0.2) is 0 Å². The number of piperazine rings is 1. The van der Waals surface area contributed by atoms with Gasteiger partial charge in [0.25, 0.3) is 0 Å². The first-order valence-electron chi connectivity index (χ1n) is 6.36. The van der Waals surface area contributed by atoms with Crippen molar-refractivity contribution >= 4 is 27.9 Å². The Morgan fingerprint density at radius 2 is 1.61 bits per heavy atom. The van der Waals surface area contributed by atoms with Gasteiger partial charge in [-0.05, 0) is 12.8 Å². The second kappa shape index (κ2) is 7.61. The minimum Gasteiger partial charge on any atom is -0.339 e. The van der Waals surface area contributed by atoms with Gasteiger partial charge >= 0.3 is 6.03 Å². The van der Waals surface area contributed by atoms with E-state index in [9.17, 15) is 9.59 Å². The summed E-state index contributed by atoms with van der Waals surface area (Å²) >= 11 is 3.36. The molecule has 1 heterocycles. The van der Waals surface area contributed by atoms with E-state index in [4.69, 9.17) is 0 Å². The van der Waals surface area contributed by atoms with Crippen molar-refractivity contribution in [3.05, 3.63) is 0 Å². The van der Waals surface area contributed by atoms with Crippen LogP contribution in [0.3, 0.4) is 0 Å². The first kappa shape index (κ1) is 15.3. The average molecular weight is 320 g/mol. The maximum Gasteiger partial charge on any atom is 0.319 e.